The summed E-state index contributed by atoms with van der Waals surface area (Å²) in [4.78, 5) is 103. The molecule has 2 aliphatic heterocycles. The zero-order valence-corrected chi connectivity index (χ0v) is 49.1. The zero-order valence-electron chi connectivity index (χ0n) is 49.1. The lowest BCUT2D eigenvalue weighted by atomic mass is 9.85. The molecule has 2 aliphatic rings. The summed E-state index contributed by atoms with van der Waals surface area (Å²) in [5.74, 6) is -4.08. The van der Waals surface area contributed by atoms with E-state index in [4.69, 9.17) is 0 Å². The van der Waals surface area contributed by atoms with Gasteiger partial charge < -0.3 is 57.2 Å². The number of carbonyl (C=O) groups is 7. The van der Waals surface area contributed by atoms with E-state index < -0.39 is 125 Å². The maximum atomic E-state index is 14.9. The molecule has 5 aromatic rings. The van der Waals surface area contributed by atoms with E-state index in [0.29, 0.717) is 0 Å². The lowest BCUT2D eigenvalue weighted by molar-refractivity contribution is -0.144. The van der Waals surface area contributed by atoms with Gasteiger partial charge in [0.05, 0.1) is 30.2 Å². The Kier molecular flexibility index (Phi) is 20.7. The van der Waals surface area contributed by atoms with Crippen LogP contribution in [-0.4, -0.2) is 143 Å². The molecule has 19 heteroatoms. The lowest BCUT2D eigenvalue weighted by Gasteiger charge is -2.38. The maximum Gasteiger partial charge on any atom is 0.251 e. The molecule has 2 saturated heterocycles. The van der Waals surface area contributed by atoms with Crippen LogP contribution in [0.2, 0.25) is 0 Å². The second-order valence-electron chi connectivity index (χ2n) is 23.9. The average Bonchev–Trinajstić information content (AvgIpc) is 3.83. The molecule has 10 N–H and O–H groups in total. The number of rotatable bonds is 21. The van der Waals surface area contributed by atoms with Crippen LogP contribution in [0, 0.1) is 10.8 Å². The third-order valence-electron chi connectivity index (χ3n) is 15.6. The highest BCUT2D eigenvalue weighted by molar-refractivity contribution is 6.01. The molecule has 5 aromatic carbocycles. The molecule has 0 bridgehead atoms. The van der Waals surface area contributed by atoms with Crippen molar-refractivity contribution in [3.8, 4) is 5.75 Å². The third kappa shape index (κ3) is 15.8. The van der Waals surface area contributed by atoms with Gasteiger partial charge in [-0.05, 0) is 92.1 Å². The van der Waals surface area contributed by atoms with Gasteiger partial charge in [0.1, 0.15) is 30.1 Å². The van der Waals surface area contributed by atoms with Crippen molar-refractivity contribution in [1.29, 1.82) is 0 Å². The molecular weight excluding hydrogens is 1050 g/mol. The van der Waals surface area contributed by atoms with Gasteiger partial charge in [0.25, 0.3) is 11.8 Å². The number of aliphatic hydroxyl groups is 1. The predicted molar refractivity (Wildman–Crippen MR) is 317 cm³/mol. The van der Waals surface area contributed by atoms with Crippen molar-refractivity contribution in [3.63, 3.8) is 0 Å². The maximum absolute atomic E-state index is 14.9. The minimum absolute atomic E-state index is 0.0199. The molecule has 1 unspecified atom stereocenters. The Labute approximate surface area is 487 Å². The summed E-state index contributed by atoms with van der Waals surface area (Å²) in [6.45, 7) is 14.1. The Hall–Kier alpha value is -7.97. The molecular formula is C64H82N10O9. The molecule has 83 heavy (non-hydrogen) atoms. The van der Waals surface area contributed by atoms with E-state index in [1.165, 1.54) is 28.0 Å². The molecule has 7 amide bonds. The van der Waals surface area contributed by atoms with E-state index in [1.54, 1.807) is 27.9 Å². The van der Waals surface area contributed by atoms with Gasteiger partial charge in [-0.2, -0.15) is 0 Å². The van der Waals surface area contributed by atoms with Crippen molar-refractivity contribution in [2.45, 2.75) is 135 Å². The van der Waals surface area contributed by atoms with E-state index in [0.717, 1.165) is 22.3 Å². The molecule has 442 valence electrons. The monoisotopic (exact) mass is 1130 g/mol. The molecule has 2 heterocycles. The molecule has 7 rings (SSSR count). The van der Waals surface area contributed by atoms with Crippen LogP contribution in [0.4, 0.5) is 0 Å². The first kappa shape index (κ1) is 62.6. The number of carbonyl (C=O) groups excluding carboxylic acids is 7. The average molecular weight is 1140 g/mol. The molecule has 0 saturated carbocycles. The van der Waals surface area contributed by atoms with Crippen LogP contribution in [0.15, 0.2) is 140 Å². The van der Waals surface area contributed by atoms with Gasteiger partial charge in [-0.15, -0.1) is 0 Å². The van der Waals surface area contributed by atoms with Gasteiger partial charge in [-0.25, -0.2) is 0 Å². The number of aromatic hydroxyl groups is 1. The standard InChI is InChI=1S/C64H82N10O9/c1-38(65-9)55(76)71-53(63(3,4)5)61(82)73-36-46(34-49(73)59(80)69-51(40-23-15-11-16-24-40)41-25-17-12-18-26-41)67-57(78)44-31-45(33-48(75)32-44)58(79)68-47-35-50(74(37-47)62(83)54(64(6,7)8)72-56(77)39(2)66-10)60(81)70-52(42-27-19-13-20-28-42)43-29-21-14-22-30-43/h11-33,38-39,46-47,49-54,59,65-66,69,75,80H,34-37H2,1-10H3,(H,67,78)(H,68,79)(H,70,81)(H,71,76)(H,72,77)/t38-,39-,46-,47-,49-,50-,53+,54+,59?/m0/s1. The number of likely N-dealkylation sites (N-methyl/N-ethyl adjacent to an activating group) is 2. The molecule has 19 nitrogen and oxygen atoms in total. The van der Waals surface area contributed by atoms with Crippen molar-refractivity contribution in [1.82, 2.24) is 52.3 Å². The number of nitrogens with one attached hydrogen (secondary N) is 8. The molecule has 0 radical (unpaired) electrons. The number of phenols is 1. The second kappa shape index (κ2) is 27.4. The number of hydrogen-bond acceptors (Lipinski definition) is 12. The Morgan fingerprint density at radius 2 is 0.892 bits per heavy atom. The Morgan fingerprint density at radius 1 is 0.518 bits per heavy atom. The SMILES string of the molecule is CN[C@@H](C)C(=O)N[C@H](C(=O)N1C[C@@H](NC(=O)c2cc(O)cc(C(=O)N[C@H]3C[C@@H](C(O)NC(c4ccccc4)c4ccccc4)N(C(=O)[C@@H](NC(=O)[C@H](C)NC)C(C)(C)C)C3)c2)C[C@H]1C(=O)NC(c1ccccc1)c1ccccc1)C(C)(C)C. The summed E-state index contributed by atoms with van der Waals surface area (Å²) in [5, 5.41) is 47.5. The normalized spacial score (nSPS) is 19.0. The highest BCUT2D eigenvalue weighted by Crippen LogP contribution is 2.32. The summed E-state index contributed by atoms with van der Waals surface area (Å²) >= 11 is 0. The van der Waals surface area contributed by atoms with E-state index >= 15 is 0 Å². The van der Waals surface area contributed by atoms with Crippen molar-refractivity contribution in [2.75, 3.05) is 27.2 Å². The van der Waals surface area contributed by atoms with Crippen LogP contribution in [0.1, 0.15) is 123 Å². The first-order valence-electron chi connectivity index (χ1n) is 28.3. The van der Waals surface area contributed by atoms with Crippen LogP contribution in [0.25, 0.3) is 0 Å². The van der Waals surface area contributed by atoms with Crippen LogP contribution in [0.3, 0.4) is 0 Å². The topological polar surface area (TPSA) is 263 Å². The van der Waals surface area contributed by atoms with Gasteiger partial charge in [0, 0.05) is 36.3 Å². The molecule has 0 aromatic heterocycles. The number of nitrogens with zero attached hydrogens (tertiary/aromatic N) is 2. The Bertz CT molecular complexity index is 2970. The smallest absolute Gasteiger partial charge is 0.251 e. The Morgan fingerprint density at radius 3 is 1.29 bits per heavy atom. The zero-order chi connectivity index (χ0) is 60.3. The second-order valence-corrected chi connectivity index (χ2v) is 23.9. The van der Waals surface area contributed by atoms with Gasteiger partial charge in [0.2, 0.25) is 29.5 Å². The van der Waals surface area contributed by atoms with Gasteiger partial charge in [0.15, 0.2) is 0 Å². The van der Waals surface area contributed by atoms with Crippen LogP contribution < -0.4 is 42.5 Å². The summed E-state index contributed by atoms with van der Waals surface area (Å²) in [5.41, 5.74) is 1.54. The van der Waals surface area contributed by atoms with Gasteiger partial charge in [-0.3, -0.25) is 38.9 Å². The van der Waals surface area contributed by atoms with Crippen LogP contribution in [-0.2, 0) is 24.0 Å². The van der Waals surface area contributed by atoms with E-state index in [9.17, 15) is 43.8 Å². The number of likely N-dealkylation sites (tertiary alicyclic amines) is 2. The highest BCUT2D eigenvalue weighted by atomic mass is 16.3. The molecule has 0 aliphatic carbocycles. The van der Waals surface area contributed by atoms with Crippen molar-refractivity contribution >= 4 is 41.4 Å². The first-order valence-corrected chi connectivity index (χ1v) is 28.3. The first-order chi connectivity index (χ1) is 39.4. The summed E-state index contributed by atoms with van der Waals surface area (Å²) in [7, 11) is 3.27. The minimum atomic E-state index is -1.35. The number of benzene rings is 5. The minimum Gasteiger partial charge on any atom is -0.508 e. The van der Waals surface area contributed by atoms with E-state index in [2.05, 4.69) is 42.5 Å². The lowest BCUT2D eigenvalue weighted by Crippen LogP contribution is -2.60. The van der Waals surface area contributed by atoms with Crippen LogP contribution >= 0.6 is 0 Å². The van der Waals surface area contributed by atoms with E-state index in [-0.39, 0.29) is 37.1 Å². The number of phenolic OH excluding ortho intramolecular Hbond substituents is 1. The fraction of sp³-hybridized carbons (Fsp3) is 0.422. The summed E-state index contributed by atoms with van der Waals surface area (Å²) in [6.07, 6.45) is -1.30. The van der Waals surface area contributed by atoms with Crippen molar-refractivity contribution in [2.24, 2.45) is 10.8 Å². The number of hydrogen-bond donors (Lipinski definition) is 10. The summed E-state index contributed by atoms with van der Waals surface area (Å²) in [6, 6.07) is 33.5. The van der Waals surface area contributed by atoms with Gasteiger partial charge in [-0.1, -0.05) is 163 Å². The van der Waals surface area contributed by atoms with Crippen LogP contribution in [0.5, 0.6) is 5.75 Å². The fourth-order valence-corrected chi connectivity index (χ4v) is 10.6. The largest absolute Gasteiger partial charge is 0.508 e. The van der Waals surface area contributed by atoms with Crippen molar-refractivity contribution in [3.05, 3.63) is 173 Å². The van der Waals surface area contributed by atoms with Gasteiger partial charge >= 0.3 is 0 Å². The van der Waals surface area contributed by atoms with E-state index in [1.807, 2.05) is 163 Å². The molecule has 0 spiro atoms. The Balaban J connectivity index is 1.14. The molecule has 2 fully saturated rings. The quantitative estimate of drug-likeness (QED) is 0.0450. The molecule has 9 atom stereocenters. The highest BCUT2D eigenvalue weighted by Gasteiger charge is 2.48. The predicted octanol–water partition coefficient (Wildman–Crippen LogP) is 4.67. The number of amides is 7. The third-order valence-corrected chi connectivity index (χ3v) is 15.6. The van der Waals surface area contributed by atoms with Crippen molar-refractivity contribution < 1.29 is 43.8 Å². The fourth-order valence-electron chi connectivity index (χ4n) is 10.6. The number of aliphatic hydroxyl groups excluding tert-OH is 1. The summed E-state index contributed by atoms with van der Waals surface area (Å²) < 4.78 is 0.